The number of aryl methyl sites for hydroxylation is 2. The Kier molecular flexibility index (Phi) is 4.42. The van der Waals surface area contributed by atoms with Crippen LogP contribution < -0.4 is 0 Å². The molecule has 5 heteroatoms. The van der Waals surface area contributed by atoms with E-state index >= 15 is 0 Å². The highest BCUT2D eigenvalue weighted by Crippen LogP contribution is 2.35. The summed E-state index contributed by atoms with van der Waals surface area (Å²) < 4.78 is 51.2. The van der Waals surface area contributed by atoms with Crippen LogP contribution in [0.1, 0.15) is 32.6 Å². The molecule has 0 saturated carbocycles. The van der Waals surface area contributed by atoms with Crippen molar-refractivity contribution in [3.63, 3.8) is 0 Å². The molecule has 1 unspecified atom stereocenters. The molecule has 2 aromatic rings. The predicted octanol–water partition coefficient (Wildman–Crippen LogP) is 5.95. The second-order valence-corrected chi connectivity index (χ2v) is 5.87. The van der Waals surface area contributed by atoms with E-state index in [9.17, 15) is 17.6 Å². The summed E-state index contributed by atoms with van der Waals surface area (Å²) in [5, 5.41) is 0. The van der Waals surface area contributed by atoms with Gasteiger partial charge in [0.25, 0.3) is 0 Å². The summed E-state index contributed by atoms with van der Waals surface area (Å²) in [6, 6.07) is 8.34. The van der Waals surface area contributed by atoms with Gasteiger partial charge in [-0.1, -0.05) is 40.2 Å². The molecule has 2 aromatic carbocycles. The number of rotatable bonds is 2. The Morgan fingerprint density at radius 2 is 1.38 bits per heavy atom. The topological polar surface area (TPSA) is 0 Å². The first-order chi connectivity index (χ1) is 9.70. The van der Waals surface area contributed by atoms with Gasteiger partial charge in [0, 0.05) is 0 Å². The normalized spacial score (nSPS) is 13.3. The highest BCUT2D eigenvalue weighted by atomic mass is 79.9. The molecule has 0 bridgehead atoms. The van der Waals surface area contributed by atoms with E-state index in [-0.39, 0.29) is 10.6 Å². The zero-order chi connectivity index (χ0) is 15.8. The summed E-state index contributed by atoms with van der Waals surface area (Å²) in [7, 11) is 0. The van der Waals surface area contributed by atoms with Gasteiger partial charge in [0.15, 0.2) is 0 Å². The Balaban J connectivity index is 2.34. The van der Waals surface area contributed by atoms with Crippen molar-refractivity contribution in [3.8, 4) is 0 Å². The minimum absolute atomic E-state index is 0.258. The smallest absolute Gasteiger partial charge is 0.206 e. The van der Waals surface area contributed by atoms with E-state index in [1.165, 1.54) is 12.1 Å². The molecule has 0 spiro atoms. The molecule has 112 valence electrons. The molecule has 0 amide bonds. The van der Waals surface area contributed by atoms with Gasteiger partial charge < -0.3 is 0 Å². The Hall–Kier alpha value is -1.36. The van der Waals surface area contributed by atoms with Crippen LogP contribution in [0.25, 0.3) is 0 Å². The maximum atomic E-state index is 13.6. The molecule has 0 N–H and O–H groups in total. The van der Waals surface area contributed by atoms with Gasteiger partial charge in [0.1, 0.15) is 5.82 Å². The second kappa shape index (κ2) is 5.79. The molecular weight excluding hydrogens is 348 g/mol. The molecule has 0 saturated heterocycles. The van der Waals surface area contributed by atoms with Crippen LogP contribution in [-0.2, 0) is 6.18 Å². The van der Waals surface area contributed by atoms with Gasteiger partial charge >= 0.3 is 6.18 Å². The SMILES string of the molecule is Cc1cc(C(Br)c2ccc(C(F)(F)F)cc2)cc(C)c1F. The lowest BCUT2D eigenvalue weighted by Crippen LogP contribution is -2.05. The van der Waals surface area contributed by atoms with Gasteiger partial charge in [-0.05, 0) is 48.2 Å². The molecule has 0 aliphatic carbocycles. The minimum Gasteiger partial charge on any atom is -0.206 e. The van der Waals surface area contributed by atoms with Gasteiger partial charge in [0.05, 0.1) is 10.4 Å². The Morgan fingerprint density at radius 3 is 1.81 bits per heavy atom. The number of hydrogen-bond acceptors (Lipinski definition) is 0. The molecule has 0 aromatic heterocycles. The first-order valence-corrected chi connectivity index (χ1v) is 7.19. The standard InChI is InChI=1S/C16H13BrF4/c1-9-7-12(8-10(2)15(9)18)14(17)11-3-5-13(6-4-11)16(19,20)21/h3-8,14H,1-2H3. The third-order valence-electron chi connectivity index (χ3n) is 3.28. The van der Waals surface area contributed by atoms with Crippen LogP contribution in [0.15, 0.2) is 36.4 Å². The fraction of sp³-hybridized carbons (Fsp3) is 0.250. The summed E-state index contributed by atoms with van der Waals surface area (Å²) in [5.74, 6) is -0.258. The van der Waals surface area contributed by atoms with Crippen molar-refractivity contribution in [1.29, 1.82) is 0 Å². The summed E-state index contributed by atoms with van der Waals surface area (Å²) >= 11 is 3.46. The monoisotopic (exact) mass is 360 g/mol. The third-order valence-corrected chi connectivity index (χ3v) is 4.34. The van der Waals surface area contributed by atoms with Crippen LogP contribution in [0, 0.1) is 19.7 Å². The molecule has 0 fully saturated rings. The van der Waals surface area contributed by atoms with E-state index in [0.717, 1.165) is 17.7 Å². The van der Waals surface area contributed by atoms with E-state index in [0.29, 0.717) is 16.7 Å². The first-order valence-electron chi connectivity index (χ1n) is 6.28. The van der Waals surface area contributed by atoms with Crippen molar-refractivity contribution in [3.05, 3.63) is 70.0 Å². The highest BCUT2D eigenvalue weighted by molar-refractivity contribution is 9.09. The largest absolute Gasteiger partial charge is 0.416 e. The van der Waals surface area contributed by atoms with Crippen LogP contribution in [-0.4, -0.2) is 0 Å². The van der Waals surface area contributed by atoms with E-state index < -0.39 is 11.7 Å². The maximum Gasteiger partial charge on any atom is 0.416 e. The van der Waals surface area contributed by atoms with Crippen LogP contribution in [0.3, 0.4) is 0 Å². The molecule has 0 radical (unpaired) electrons. The van der Waals surface area contributed by atoms with Crippen molar-refractivity contribution in [2.24, 2.45) is 0 Å². The highest BCUT2D eigenvalue weighted by Gasteiger charge is 2.30. The lowest BCUT2D eigenvalue weighted by molar-refractivity contribution is -0.137. The summed E-state index contributed by atoms with van der Waals surface area (Å²) in [6.45, 7) is 3.33. The average Bonchev–Trinajstić information content (AvgIpc) is 2.42. The number of hydrogen-bond donors (Lipinski definition) is 0. The van der Waals surface area contributed by atoms with Crippen LogP contribution >= 0.6 is 15.9 Å². The van der Waals surface area contributed by atoms with Gasteiger partial charge in [-0.15, -0.1) is 0 Å². The molecule has 2 rings (SSSR count). The van der Waals surface area contributed by atoms with E-state index in [1.807, 2.05) is 0 Å². The lowest BCUT2D eigenvalue weighted by Gasteiger charge is -2.14. The van der Waals surface area contributed by atoms with Crippen LogP contribution in [0.5, 0.6) is 0 Å². The number of benzene rings is 2. The molecule has 0 aliphatic rings. The molecule has 21 heavy (non-hydrogen) atoms. The molecular formula is C16H13BrF4. The summed E-state index contributed by atoms with van der Waals surface area (Å²) in [6.07, 6.45) is -4.34. The Bertz CT molecular complexity index is 621. The van der Waals surface area contributed by atoms with Gasteiger partial charge in [-0.25, -0.2) is 4.39 Å². The van der Waals surface area contributed by atoms with E-state index in [2.05, 4.69) is 15.9 Å². The molecule has 0 heterocycles. The van der Waals surface area contributed by atoms with E-state index in [1.54, 1.807) is 26.0 Å². The van der Waals surface area contributed by atoms with Crippen molar-refractivity contribution in [1.82, 2.24) is 0 Å². The minimum atomic E-state index is -4.34. The first kappa shape index (κ1) is 16.0. The van der Waals surface area contributed by atoms with Crippen LogP contribution in [0.4, 0.5) is 17.6 Å². The van der Waals surface area contributed by atoms with Crippen molar-refractivity contribution in [2.45, 2.75) is 24.9 Å². The maximum absolute atomic E-state index is 13.6. The fourth-order valence-electron chi connectivity index (χ4n) is 2.16. The van der Waals surface area contributed by atoms with Crippen molar-refractivity contribution in [2.75, 3.05) is 0 Å². The van der Waals surface area contributed by atoms with Gasteiger partial charge in [0.2, 0.25) is 0 Å². The summed E-state index contributed by atoms with van der Waals surface area (Å²) in [5.41, 5.74) is 1.85. The lowest BCUT2D eigenvalue weighted by atomic mass is 9.99. The van der Waals surface area contributed by atoms with E-state index in [4.69, 9.17) is 0 Å². The molecule has 0 aliphatic heterocycles. The molecule has 1 atom stereocenters. The van der Waals surface area contributed by atoms with Gasteiger partial charge in [-0.3, -0.25) is 0 Å². The van der Waals surface area contributed by atoms with Crippen LogP contribution in [0.2, 0.25) is 0 Å². The number of alkyl halides is 4. The van der Waals surface area contributed by atoms with Crippen molar-refractivity contribution >= 4 is 15.9 Å². The zero-order valence-corrected chi connectivity index (χ0v) is 13.0. The predicted molar refractivity (Wildman–Crippen MR) is 78.1 cm³/mol. The number of halogens is 5. The Morgan fingerprint density at radius 1 is 0.905 bits per heavy atom. The van der Waals surface area contributed by atoms with Crippen molar-refractivity contribution < 1.29 is 17.6 Å². The second-order valence-electron chi connectivity index (χ2n) is 4.95. The van der Waals surface area contributed by atoms with Gasteiger partial charge in [-0.2, -0.15) is 13.2 Å². The average molecular weight is 361 g/mol. The fourth-order valence-corrected chi connectivity index (χ4v) is 2.73. The Labute approximate surface area is 128 Å². The summed E-state index contributed by atoms with van der Waals surface area (Å²) in [4.78, 5) is -0.280. The molecule has 0 nitrogen and oxygen atoms in total. The quantitative estimate of drug-likeness (QED) is 0.458. The third kappa shape index (κ3) is 3.46. The zero-order valence-electron chi connectivity index (χ0n) is 11.4.